The van der Waals surface area contributed by atoms with Gasteiger partial charge in [0.1, 0.15) is 5.60 Å². The highest BCUT2D eigenvalue weighted by Gasteiger charge is 2.64. The smallest absolute Gasteiger partial charge is 0.196 e. The molecule has 3 nitrogen and oxygen atoms in total. The molecule has 0 aliphatic heterocycles. The highest BCUT2D eigenvalue weighted by molar-refractivity contribution is 6.74. The molecule has 2 rings (SSSR count). The van der Waals surface area contributed by atoms with Gasteiger partial charge in [0.05, 0.1) is 6.61 Å². The van der Waals surface area contributed by atoms with E-state index in [4.69, 9.17) is 9.16 Å². The van der Waals surface area contributed by atoms with Gasteiger partial charge >= 0.3 is 0 Å². The highest BCUT2D eigenvalue weighted by Crippen LogP contribution is 2.62. The van der Waals surface area contributed by atoms with Crippen molar-refractivity contribution in [3.63, 3.8) is 0 Å². The van der Waals surface area contributed by atoms with Crippen LogP contribution in [0.4, 0.5) is 0 Å². The van der Waals surface area contributed by atoms with Crippen LogP contribution in [0.5, 0.6) is 0 Å². The van der Waals surface area contributed by atoms with Crippen molar-refractivity contribution in [3.8, 4) is 0 Å². The summed E-state index contributed by atoms with van der Waals surface area (Å²) in [6.07, 6.45) is 9.18. The zero-order chi connectivity index (χ0) is 20.7. The lowest BCUT2D eigenvalue weighted by Gasteiger charge is -2.57. The molecule has 4 atom stereocenters. The third kappa shape index (κ3) is 4.10. The molecule has 0 saturated heterocycles. The molecule has 0 aromatic rings. The molecule has 0 heterocycles. The predicted octanol–water partition coefficient (Wildman–Crippen LogP) is 6.28. The first-order valence-corrected chi connectivity index (χ1v) is 13.8. The summed E-state index contributed by atoms with van der Waals surface area (Å²) in [6, 6.07) is 0. The van der Waals surface area contributed by atoms with Gasteiger partial charge in [0, 0.05) is 5.92 Å². The van der Waals surface area contributed by atoms with Crippen molar-refractivity contribution >= 4 is 8.32 Å². The second kappa shape index (κ2) is 7.59. The summed E-state index contributed by atoms with van der Waals surface area (Å²) >= 11 is 0. The number of ether oxygens (including phenoxy) is 1. The molecule has 0 amide bonds. The van der Waals surface area contributed by atoms with Gasteiger partial charge in [0.25, 0.3) is 0 Å². The Morgan fingerprint density at radius 2 is 1.74 bits per heavy atom. The van der Waals surface area contributed by atoms with Crippen molar-refractivity contribution < 1.29 is 14.3 Å². The van der Waals surface area contributed by atoms with E-state index >= 15 is 0 Å². The molecule has 2 saturated carbocycles. The zero-order valence-corrected chi connectivity index (χ0v) is 20.2. The van der Waals surface area contributed by atoms with Crippen molar-refractivity contribution in [3.05, 3.63) is 12.7 Å². The third-order valence-electron chi connectivity index (χ3n) is 7.99. The molecular formula is C23H44O3Si. The normalized spacial score (nSPS) is 32.0. The van der Waals surface area contributed by atoms with E-state index < -0.39 is 19.7 Å². The number of aliphatic hydroxyl groups is 1. The van der Waals surface area contributed by atoms with Crippen LogP contribution >= 0.6 is 0 Å². The number of fused-ring (bicyclic) bond motifs is 1. The average molecular weight is 397 g/mol. The molecule has 27 heavy (non-hydrogen) atoms. The van der Waals surface area contributed by atoms with E-state index in [1.807, 2.05) is 13.8 Å². The fraction of sp³-hybridized carbons (Fsp3) is 0.913. The summed E-state index contributed by atoms with van der Waals surface area (Å²) < 4.78 is 13.6. The molecule has 0 aromatic heterocycles. The Morgan fingerprint density at radius 3 is 2.26 bits per heavy atom. The fourth-order valence-corrected chi connectivity index (χ4v) is 6.84. The first kappa shape index (κ1) is 23.1. The van der Waals surface area contributed by atoms with E-state index in [0.29, 0.717) is 12.5 Å². The monoisotopic (exact) mass is 396 g/mol. The summed E-state index contributed by atoms with van der Waals surface area (Å²) in [5.74, 6) is -0.0805. The quantitative estimate of drug-likeness (QED) is 0.312. The second-order valence-electron chi connectivity index (χ2n) is 11.3. The maximum absolute atomic E-state index is 11.5. The fourth-order valence-electron chi connectivity index (χ4n) is 5.33. The topological polar surface area (TPSA) is 38.7 Å². The molecule has 4 heteroatoms. The number of rotatable bonds is 7. The molecule has 0 aromatic carbocycles. The Labute approximate surface area is 169 Å². The summed E-state index contributed by atoms with van der Waals surface area (Å²) in [4.78, 5) is 0. The van der Waals surface area contributed by atoms with Gasteiger partial charge in [-0.15, -0.1) is 6.58 Å². The predicted molar refractivity (Wildman–Crippen MR) is 116 cm³/mol. The van der Waals surface area contributed by atoms with Crippen LogP contribution in [0.3, 0.4) is 0 Å². The van der Waals surface area contributed by atoms with E-state index in [-0.39, 0.29) is 16.4 Å². The SMILES string of the molecule is C=CCOC(O[Si](C)(C)C(C)(C)C)(C1CCC2CCCCC21C)C(C)(C)O. The van der Waals surface area contributed by atoms with Gasteiger partial charge in [-0.1, -0.05) is 46.6 Å². The van der Waals surface area contributed by atoms with Gasteiger partial charge in [-0.2, -0.15) is 0 Å². The Balaban J connectivity index is 2.56. The van der Waals surface area contributed by atoms with Gasteiger partial charge in [-0.25, -0.2) is 0 Å². The molecule has 1 N–H and O–H groups in total. The number of hydrogen-bond acceptors (Lipinski definition) is 3. The maximum atomic E-state index is 11.5. The van der Waals surface area contributed by atoms with E-state index in [1.54, 1.807) is 6.08 Å². The lowest BCUT2D eigenvalue weighted by atomic mass is 9.61. The van der Waals surface area contributed by atoms with Crippen LogP contribution in [0.15, 0.2) is 12.7 Å². The van der Waals surface area contributed by atoms with Gasteiger partial charge in [0.15, 0.2) is 14.1 Å². The van der Waals surface area contributed by atoms with Crippen molar-refractivity contribution in [2.45, 2.75) is 110 Å². The summed E-state index contributed by atoms with van der Waals surface area (Å²) in [5, 5.41) is 11.5. The Morgan fingerprint density at radius 1 is 1.11 bits per heavy atom. The first-order valence-electron chi connectivity index (χ1n) is 10.9. The van der Waals surface area contributed by atoms with Gasteiger partial charge in [-0.05, 0) is 69.0 Å². The minimum atomic E-state index is -2.18. The molecule has 0 radical (unpaired) electrons. The van der Waals surface area contributed by atoms with Crippen molar-refractivity contribution in [2.75, 3.05) is 6.61 Å². The van der Waals surface area contributed by atoms with E-state index in [1.165, 1.54) is 32.1 Å². The van der Waals surface area contributed by atoms with Crippen LogP contribution in [0.1, 0.15) is 80.1 Å². The van der Waals surface area contributed by atoms with Crippen LogP contribution in [0.2, 0.25) is 18.1 Å². The Hall–Kier alpha value is -0.163. The van der Waals surface area contributed by atoms with E-state index in [0.717, 1.165) is 6.42 Å². The first-order chi connectivity index (χ1) is 12.2. The third-order valence-corrected chi connectivity index (χ3v) is 12.4. The van der Waals surface area contributed by atoms with E-state index in [9.17, 15) is 5.11 Å². The molecule has 4 unspecified atom stereocenters. The second-order valence-corrected chi connectivity index (χ2v) is 16.0. The van der Waals surface area contributed by atoms with Gasteiger partial charge in [-0.3, -0.25) is 0 Å². The van der Waals surface area contributed by atoms with Crippen molar-refractivity contribution in [1.29, 1.82) is 0 Å². The van der Waals surface area contributed by atoms with Gasteiger partial charge in [0.2, 0.25) is 0 Å². The summed E-state index contributed by atoms with van der Waals surface area (Å²) in [6.45, 7) is 21.7. The Kier molecular flexibility index (Phi) is 6.50. The lowest BCUT2D eigenvalue weighted by molar-refractivity contribution is -0.316. The molecule has 0 bridgehead atoms. The van der Waals surface area contributed by atoms with Crippen LogP contribution in [-0.2, 0) is 9.16 Å². The van der Waals surface area contributed by atoms with Crippen LogP contribution in [0, 0.1) is 17.3 Å². The maximum Gasteiger partial charge on any atom is 0.196 e. The largest absolute Gasteiger partial charge is 0.388 e. The number of hydrogen-bond donors (Lipinski definition) is 1. The van der Waals surface area contributed by atoms with Crippen molar-refractivity contribution in [2.24, 2.45) is 17.3 Å². The molecule has 2 aliphatic carbocycles. The summed E-state index contributed by atoms with van der Waals surface area (Å²) in [5.41, 5.74) is -0.923. The molecule has 2 aliphatic rings. The van der Waals surface area contributed by atoms with Gasteiger partial charge < -0.3 is 14.3 Å². The van der Waals surface area contributed by atoms with Crippen LogP contribution in [-0.4, -0.2) is 31.4 Å². The minimum absolute atomic E-state index is 0.0481. The standard InChI is InChI=1S/C23H44O3Si/c1-10-17-25-23(21(5,6)24,26-27(8,9)20(2,3)4)19-15-14-18-13-11-12-16-22(18,19)7/h10,18-19,24H,1,11-17H2,2-9H3. The van der Waals surface area contributed by atoms with Crippen LogP contribution < -0.4 is 0 Å². The minimum Gasteiger partial charge on any atom is -0.388 e. The zero-order valence-electron chi connectivity index (χ0n) is 19.2. The summed E-state index contributed by atoms with van der Waals surface area (Å²) in [7, 11) is -2.18. The van der Waals surface area contributed by atoms with Crippen molar-refractivity contribution in [1.82, 2.24) is 0 Å². The van der Waals surface area contributed by atoms with E-state index in [2.05, 4.69) is 47.4 Å². The lowest BCUT2D eigenvalue weighted by Crippen LogP contribution is -2.66. The molecular weight excluding hydrogens is 352 g/mol. The van der Waals surface area contributed by atoms with Crippen LogP contribution in [0.25, 0.3) is 0 Å². The highest BCUT2D eigenvalue weighted by atomic mass is 28.4. The molecule has 2 fully saturated rings. The molecule has 0 spiro atoms. The average Bonchev–Trinajstić information content (AvgIpc) is 2.86. The molecule has 158 valence electrons. The Bertz CT molecular complexity index is 531.